The number of aliphatic imine (C=N–C) groups is 1. The number of ether oxygens (including phenoxy) is 2. The van der Waals surface area contributed by atoms with Gasteiger partial charge in [-0.2, -0.15) is 4.98 Å². The van der Waals surface area contributed by atoms with Crippen molar-refractivity contribution in [1.29, 1.82) is 0 Å². The summed E-state index contributed by atoms with van der Waals surface area (Å²) in [5.41, 5.74) is 0. The molecule has 2 aliphatic heterocycles. The number of rotatable bonds is 5. The molecule has 134 valence electrons. The van der Waals surface area contributed by atoms with Gasteiger partial charge in [-0.15, -0.1) is 0 Å². The summed E-state index contributed by atoms with van der Waals surface area (Å²) in [6.45, 7) is 8.56. The van der Waals surface area contributed by atoms with Crippen LogP contribution in [0.3, 0.4) is 0 Å². The Balaban J connectivity index is 1.57. The fraction of sp³-hybridized carbons (Fsp3) is 0.812. The van der Waals surface area contributed by atoms with Crippen LogP contribution in [0.1, 0.15) is 31.5 Å². The van der Waals surface area contributed by atoms with Crippen molar-refractivity contribution < 1.29 is 14.0 Å². The standard InChI is InChI=1S/C16H27N5O3/c1-3-17-16(18-7-6-15-19-12(2)20-24-15)21-8-10-23-14(11-21)13-5-4-9-22-13/h13-14H,3-11H2,1-2H3,(H,17,18). The van der Waals surface area contributed by atoms with E-state index in [2.05, 4.69) is 27.3 Å². The molecular formula is C16H27N5O3. The molecule has 2 fully saturated rings. The Bertz CT molecular complexity index is 542. The molecule has 0 radical (unpaired) electrons. The molecule has 8 nitrogen and oxygen atoms in total. The molecule has 8 heteroatoms. The molecule has 3 heterocycles. The molecule has 24 heavy (non-hydrogen) atoms. The lowest BCUT2D eigenvalue weighted by molar-refractivity contribution is -0.0817. The molecule has 2 aliphatic rings. The number of aryl methyl sites for hydroxylation is 1. The van der Waals surface area contributed by atoms with Crippen LogP contribution in [0.4, 0.5) is 0 Å². The highest BCUT2D eigenvalue weighted by molar-refractivity contribution is 5.80. The molecule has 1 N–H and O–H groups in total. The topological polar surface area (TPSA) is 85.0 Å². The van der Waals surface area contributed by atoms with Gasteiger partial charge in [-0.3, -0.25) is 4.99 Å². The van der Waals surface area contributed by atoms with Gasteiger partial charge in [0.2, 0.25) is 5.89 Å². The van der Waals surface area contributed by atoms with Gasteiger partial charge in [0.15, 0.2) is 11.8 Å². The zero-order valence-electron chi connectivity index (χ0n) is 14.5. The lowest BCUT2D eigenvalue weighted by Gasteiger charge is -2.37. The van der Waals surface area contributed by atoms with Crippen LogP contribution in [0.2, 0.25) is 0 Å². The van der Waals surface area contributed by atoms with Crippen molar-refractivity contribution in [3.05, 3.63) is 11.7 Å². The maximum atomic E-state index is 5.91. The number of guanidine groups is 1. The second kappa shape index (κ2) is 8.43. The molecule has 2 atom stereocenters. The predicted octanol–water partition coefficient (Wildman–Crippen LogP) is 0.766. The molecule has 1 aromatic heterocycles. The summed E-state index contributed by atoms with van der Waals surface area (Å²) in [6.07, 6.45) is 3.21. The Morgan fingerprint density at radius 2 is 2.21 bits per heavy atom. The zero-order chi connectivity index (χ0) is 16.8. The maximum Gasteiger partial charge on any atom is 0.228 e. The van der Waals surface area contributed by atoms with Gasteiger partial charge in [0.25, 0.3) is 0 Å². The zero-order valence-corrected chi connectivity index (χ0v) is 14.5. The Hall–Kier alpha value is -1.67. The molecular weight excluding hydrogens is 310 g/mol. The van der Waals surface area contributed by atoms with E-state index in [1.165, 1.54) is 0 Å². The fourth-order valence-corrected chi connectivity index (χ4v) is 3.11. The van der Waals surface area contributed by atoms with Gasteiger partial charge in [-0.05, 0) is 26.7 Å². The number of aromatic nitrogens is 2. The van der Waals surface area contributed by atoms with E-state index >= 15 is 0 Å². The summed E-state index contributed by atoms with van der Waals surface area (Å²) >= 11 is 0. The second-order valence-corrected chi connectivity index (χ2v) is 6.13. The molecule has 0 saturated carbocycles. The summed E-state index contributed by atoms with van der Waals surface area (Å²) in [7, 11) is 0. The SMILES string of the molecule is CCNC(=NCCc1nc(C)no1)N1CCOC(C2CCCO2)C1. The first-order chi connectivity index (χ1) is 11.8. The minimum Gasteiger partial charge on any atom is -0.375 e. The molecule has 0 bridgehead atoms. The van der Waals surface area contributed by atoms with Crippen molar-refractivity contribution >= 4 is 5.96 Å². The van der Waals surface area contributed by atoms with E-state index in [1.807, 2.05) is 6.92 Å². The highest BCUT2D eigenvalue weighted by atomic mass is 16.5. The van der Waals surface area contributed by atoms with Crippen LogP contribution in [-0.2, 0) is 15.9 Å². The van der Waals surface area contributed by atoms with E-state index in [-0.39, 0.29) is 12.2 Å². The Morgan fingerprint density at radius 1 is 1.33 bits per heavy atom. The van der Waals surface area contributed by atoms with Crippen molar-refractivity contribution in [1.82, 2.24) is 20.4 Å². The highest BCUT2D eigenvalue weighted by Crippen LogP contribution is 2.21. The minimum absolute atomic E-state index is 0.128. The van der Waals surface area contributed by atoms with Gasteiger partial charge < -0.3 is 24.2 Å². The van der Waals surface area contributed by atoms with Crippen LogP contribution in [0.25, 0.3) is 0 Å². The lowest BCUT2D eigenvalue weighted by atomic mass is 10.1. The summed E-state index contributed by atoms with van der Waals surface area (Å²) in [6, 6.07) is 0. The molecule has 0 aliphatic carbocycles. The smallest absolute Gasteiger partial charge is 0.228 e. The van der Waals surface area contributed by atoms with Crippen LogP contribution in [-0.4, -0.2) is 72.6 Å². The average Bonchev–Trinajstić information content (AvgIpc) is 3.26. The van der Waals surface area contributed by atoms with Gasteiger partial charge >= 0.3 is 0 Å². The van der Waals surface area contributed by atoms with E-state index in [0.29, 0.717) is 31.3 Å². The maximum absolute atomic E-state index is 5.91. The van der Waals surface area contributed by atoms with Gasteiger partial charge in [0.05, 0.1) is 19.3 Å². The number of nitrogens with one attached hydrogen (secondary N) is 1. The van der Waals surface area contributed by atoms with Crippen molar-refractivity contribution in [3.63, 3.8) is 0 Å². The van der Waals surface area contributed by atoms with Crippen LogP contribution < -0.4 is 5.32 Å². The summed E-state index contributed by atoms with van der Waals surface area (Å²) in [4.78, 5) is 11.2. The van der Waals surface area contributed by atoms with E-state index in [4.69, 9.17) is 19.0 Å². The van der Waals surface area contributed by atoms with Crippen molar-refractivity contribution in [3.8, 4) is 0 Å². The second-order valence-electron chi connectivity index (χ2n) is 6.13. The van der Waals surface area contributed by atoms with Crippen molar-refractivity contribution in [2.45, 2.75) is 45.3 Å². The first kappa shape index (κ1) is 17.2. The number of hydrogen-bond donors (Lipinski definition) is 1. The number of morpholine rings is 1. The van der Waals surface area contributed by atoms with Crippen LogP contribution in [0.5, 0.6) is 0 Å². The third-order valence-corrected chi connectivity index (χ3v) is 4.26. The number of hydrogen-bond acceptors (Lipinski definition) is 6. The van der Waals surface area contributed by atoms with E-state index in [1.54, 1.807) is 0 Å². The van der Waals surface area contributed by atoms with Gasteiger partial charge in [-0.1, -0.05) is 5.16 Å². The molecule has 0 amide bonds. The third kappa shape index (κ3) is 4.45. The highest BCUT2D eigenvalue weighted by Gasteiger charge is 2.32. The largest absolute Gasteiger partial charge is 0.375 e. The molecule has 0 spiro atoms. The van der Waals surface area contributed by atoms with Crippen LogP contribution in [0, 0.1) is 6.92 Å². The molecule has 3 rings (SSSR count). The van der Waals surface area contributed by atoms with E-state index < -0.39 is 0 Å². The van der Waals surface area contributed by atoms with E-state index in [9.17, 15) is 0 Å². The van der Waals surface area contributed by atoms with Gasteiger partial charge in [0, 0.05) is 32.7 Å². The Morgan fingerprint density at radius 3 is 2.92 bits per heavy atom. The predicted molar refractivity (Wildman–Crippen MR) is 89.0 cm³/mol. The minimum atomic E-state index is 0.128. The van der Waals surface area contributed by atoms with Gasteiger partial charge in [0.1, 0.15) is 6.10 Å². The Labute approximate surface area is 142 Å². The first-order valence-corrected chi connectivity index (χ1v) is 8.82. The molecule has 2 saturated heterocycles. The lowest BCUT2D eigenvalue weighted by Crippen LogP contribution is -2.53. The third-order valence-electron chi connectivity index (χ3n) is 4.26. The monoisotopic (exact) mass is 337 g/mol. The number of nitrogens with zero attached hydrogens (tertiary/aromatic N) is 4. The van der Waals surface area contributed by atoms with Gasteiger partial charge in [-0.25, -0.2) is 0 Å². The van der Waals surface area contributed by atoms with Crippen molar-refractivity contribution in [2.24, 2.45) is 4.99 Å². The molecule has 0 aromatic carbocycles. The normalized spacial score (nSPS) is 25.2. The molecule has 1 aromatic rings. The summed E-state index contributed by atoms with van der Waals surface area (Å²) in [5.74, 6) is 2.21. The quantitative estimate of drug-likeness (QED) is 0.627. The molecule has 2 unspecified atom stereocenters. The fourth-order valence-electron chi connectivity index (χ4n) is 3.11. The average molecular weight is 337 g/mol. The first-order valence-electron chi connectivity index (χ1n) is 8.82. The van der Waals surface area contributed by atoms with Crippen molar-refractivity contribution in [2.75, 3.05) is 39.4 Å². The summed E-state index contributed by atoms with van der Waals surface area (Å²) in [5, 5.41) is 7.17. The Kier molecular flexibility index (Phi) is 6.03. The van der Waals surface area contributed by atoms with E-state index in [0.717, 1.165) is 45.0 Å². The van der Waals surface area contributed by atoms with Crippen LogP contribution >= 0.6 is 0 Å². The van der Waals surface area contributed by atoms with Crippen LogP contribution in [0.15, 0.2) is 9.52 Å². The summed E-state index contributed by atoms with van der Waals surface area (Å²) < 4.78 is 16.8.